The van der Waals surface area contributed by atoms with E-state index in [1.165, 1.54) is 42.4 Å². The molecule has 2 aliphatic rings. The minimum atomic E-state index is -1.01. The maximum Gasteiger partial charge on any atom is 0.355 e. The summed E-state index contributed by atoms with van der Waals surface area (Å²) in [4.78, 5) is 27.3. The highest BCUT2D eigenvalue weighted by Crippen LogP contribution is 2.36. The Labute approximate surface area is 181 Å². The number of hydrogen-bond acceptors (Lipinski definition) is 6. The number of thiazole rings is 1. The molecule has 1 aromatic rings. The lowest BCUT2D eigenvalue weighted by atomic mass is 9.79. The lowest BCUT2D eigenvalue weighted by molar-refractivity contribution is -0.121. The van der Waals surface area contributed by atoms with Crippen LogP contribution in [-0.4, -0.2) is 38.3 Å². The second-order valence-corrected chi connectivity index (χ2v) is 10.9. The molecule has 29 heavy (non-hydrogen) atoms. The first-order chi connectivity index (χ1) is 13.8. The number of thioether (sulfide) groups is 1. The van der Waals surface area contributed by atoms with Crippen molar-refractivity contribution in [2.45, 2.75) is 74.7 Å². The molecule has 0 amide bonds. The molecular formula is C22H31NO4S2. The third-order valence-electron chi connectivity index (χ3n) is 6.27. The number of Topliss-reactive ketones (excluding diaryl/α,β-unsaturated/α-hetero) is 1. The fraction of sp³-hybridized carbons (Fsp3) is 0.682. The monoisotopic (exact) mass is 437 g/mol. The first kappa shape index (κ1) is 22.5. The minimum absolute atomic E-state index is 0.0255. The van der Waals surface area contributed by atoms with Crippen molar-refractivity contribution in [2.24, 2.45) is 17.8 Å². The molecule has 0 bridgehead atoms. The average Bonchev–Trinajstić information content (AvgIpc) is 3.22. The van der Waals surface area contributed by atoms with E-state index in [9.17, 15) is 14.7 Å². The summed E-state index contributed by atoms with van der Waals surface area (Å²) in [6.07, 6.45) is 13.1. The fourth-order valence-electron chi connectivity index (χ4n) is 4.13. The van der Waals surface area contributed by atoms with Gasteiger partial charge in [-0.15, -0.1) is 11.3 Å². The number of aromatic carboxylic acids is 1. The zero-order valence-electron chi connectivity index (χ0n) is 17.0. The van der Waals surface area contributed by atoms with E-state index >= 15 is 0 Å². The van der Waals surface area contributed by atoms with E-state index in [1.807, 2.05) is 6.92 Å². The molecule has 3 atom stereocenters. The molecule has 2 saturated carbocycles. The summed E-state index contributed by atoms with van der Waals surface area (Å²) in [5.41, 5.74) is -0.577. The number of aliphatic hydroxyl groups is 1. The second kappa shape index (κ2) is 10.2. The van der Waals surface area contributed by atoms with Crippen molar-refractivity contribution >= 4 is 34.9 Å². The van der Waals surface area contributed by atoms with Gasteiger partial charge in [0.05, 0.1) is 5.60 Å². The number of carbonyl (C=O) groups excluding carboxylic acids is 1. The van der Waals surface area contributed by atoms with Crippen molar-refractivity contribution in [3.63, 3.8) is 0 Å². The van der Waals surface area contributed by atoms with Crippen molar-refractivity contribution in [3.05, 3.63) is 23.2 Å². The van der Waals surface area contributed by atoms with E-state index in [2.05, 4.69) is 17.1 Å². The summed E-state index contributed by atoms with van der Waals surface area (Å²) in [5.74, 6) is 1.15. The van der Waals surface area contributed by atoms with Crippen LogP contribution >= 0.6 is 23.1 Å². The minimum Gasteiger partial charge on any atom is -0.476 e. The molecule has 0 aliphatic heterocycles. The van der Waals surface area contributed by atoms with Gasteiger partial charge >= 0.3 is 5.97 Å². The molecule has 2 N–H and O–H groups in total. The number of rotatable bonds is 11. The van der Waals surface area contributed by atoms with Crippen LogP contribution in [0.25, 0.3) is 0 Å². The predicted octanol–water partition coefficient (Wildman–Crippen LogP) is 5.20. The van der Waals surface area contributed by atoms with Crippen LogP contribution in [0.5, 0.6) is 0 Å². The summed E-state index contributed by atoms with van der Waals surface area (Å²) < 4.78 is 0.738. The Morgan fingerprint density at radius 1 is 1.38 bits per heavy atom. The highest BCUT2D eigenvalue weighted by molar-refractivity contribution is 8.01. The number of carboxylic acid groups (broad SMARTS) is 1. The van der Waals surface area contributed by atoms with Crippen molar-refractivity contribution < 1.29 is 19.8 Å². The number of aromatic nitrogens is 1. The summed E-state index contributed by atoms with van der Waals surface area (Å²) in [5, 5.41) is 21.1. The summed E-state index contributed by atoms with van der Waals surface area (Å²) in [6, 6.07) is 0. The zero-order valence-corrected chi connectivity index (χ0v) is 18.6. The van der Waals surface area contributed by atoms with Gasteiger partial charge in [-0.25, -0.2) is 9.78 Å². The Morgan fingerprint density at radius 2 is 2.17 bits per heavy atom. The van der Waals surface area contributed by atoms with Crippen molar-refractivity contribution in [2.75, 3.05) is 5.75 Å². The van der Waals surface area contributed by atoms with Gasteiger partial charge in [0.15, 0.2) is 10.0 Å². The van der Waals surface area contributed by atoms with Crippen LogP contribution in [0, 0.1) is 17.8 Å². The topological polar surface area (TPSA) is 87.5 Å². The molecule has 1 aromatic heterocycles. The number of hydrogen-bond donors (Lipinski definition) is 2. The van der Waals surface area contributed by atoms with Gasteiger partial charge in [0.2, 0.25) is 0 Å². The van der Waals surface area contributed by atoms with Gasteiger partial charge in [-0.1, -0.05) is 43.2 Å². The smallest absolute Gasteiger partial charge is 0.355 e. The van der Waals surface area contributed by atoms with Gasteiger partial charge in [-0.3, -0.25) is 4.79 Å². The summed E-state index contributed by atoms with van der Waals surface area (Å²) in [7, 11) is 0. The van der Waals surface area contributed by atoms with E-state index in [1.54, 1.807) is 5.38 Å². The first-order valence-corrected chi connectivity index (χ1v) is 12.4. The number of carbonyl (C=O) groups is 2. The lowest BCUT2D eigenvalue weighted by Crippen LogP contribution is -2.25. The highest BCUT2D eigenvalue weighted by atomic mass is 32.2. The van der Waals surface area contributed by atoms with Crippen molar-refractivity contribution in [1.29, 1.82) is 0 Å². The van der Waals surface area contributed by atoms with Gasteiger partial charge in [-0.05, 0) is 50.9 Å². The van der Waals surface area contributed by atoms with Crippen LogP contribution in [0.4, 0.5) is 0 Å². The molecule has 0 spiro atoms. The Hall–Kier alpha value is -1.18. The third-order valence-corrected chi connectivity index (χ3v) is 8.32. The van der Waals surface area contributed by atoms with Crippen LogP contribution in [0.2, 0.25) is 0 Å². The quantitative estimate of drug-likeness (QED) is 0.366. The fourth-order valence-corrected chi connectivity index (χ4v) is 6.02. The number of allylic oxidation sites excluding steroid dienone is 1. The van der Waals surface area contributed by atoms with E-state index < -0.39 is 11.6 Å². The average molecular weight is 438 g/mol. The van der Waals surface area contributed by atoms with Crippen LogP contribution < -0.4 is 0 Å². The van der Waals surface area contributed by atoms with Crippen LogP contribution in [0.15, 0.2) is 21.9 Å². The predicted molar refractivity (Wildman–Crippen MR) is 117 cm³/mol. The van der Waals surface area contributed by atoms with Crippen LogP contribution in [0.3, 0.4) is 0 Å². The molecule has 5 nitrogen and oxygen atoms in total. The van der Waals surface area contributed by atoms with Crippen LogP contribution in [0.1, 0.15) is 75.2 Å². The van der Waals surface area contributed by atoms with Gasteiger partial charge in [-0.2, -0.15) is 0 Å². The van der Waals surface area contributed by atoms with E-state index in [-0.39, 0.29) is 17.5 Å². The third kappa shape index (κ3) is 6.66. The Morgan fingerprint density at radius 3 is 2.83 bits per heavy atom. The SMILES string of the molecule is C[C@](O)(CC=C[C@H]1CCC(=O)C1CCSc1nc(C(=O)O)cs1)CCC1CCC1. The molecule has 1 unspecified atom stereocenters. The molecule has 2 fully saturated rings. The Kier molecular flexibility index (Phi) is 7.93. The Bertz CT molecular complexity index is 739. The molecule has 3 rings (SSSR count). The van der Waals surface area contributed by atoms with E-state index in [0.717, 1.165) is 41.7 Å². The number of ketones is 1. The van der Waals surface area contributed by atoms with E-state index in [4.69, 9.17) is 5.11 Å². The van der Waals surface area contributed by atoms with Gasteiger partial charge in [0, 0.05) is 23.5 Å². The Balaban J connectivity index is 1.43. The van der Waals surface area contributed by atoms with Gasteiger partial charge < -0.3 is 10.2 Å². The lowest BCUT2D eigenvalue weighted by Gasteiger charge is -2.29. The molecule has 0 saturated heterocycles. The molecule has 1 heterocycles. The van der Waals surface area contributed by atoms with E-state index in [0.29, 0.717) is 18.6 Å². The maximum absolute atomic E-state index is 12.3. The second-order valence-electron chi connectivity index (χ2n) is 8.68. The number of carboxylic acids is 1. The van der Waals surface area contributed by atoms with Crippen molar-refractivity contribution in [3.8, 4) is 0 Å². The standard InChI is InChI=1S/C22H31NO4S2/c1-22(27,12-9-15-4-2-5-15)11-3-6-16-7-8-19(24)17(16)10-13-28-21-23-18(14-29-21)20(25)26/h3,6,14-17,27H,2,4-5,7-13H2,1H3,(H,25,26)/t16-,17?,22-/m0/s1. The zero-order chi connectivity index (χ0) is 20.9. The van der Waals surface area contributed by atoms with Gasteiger partial charge in [0.1, 0.15) is 5.78 Å². The maximum atomic E-state index is 12.3. The molecular weight excluding hydrogens is 406 g/mol. The first-order valence-electron chi connectivity index (χ1n) is 10.6. The number of nitrogens with zero attached hydrogens (tertiary/aromatic N) is 1. The summed E-state index contributed by atoms with van der Waals surface area (Å²) in [6.45, 7) is 1.92. The normalized spacial score (nSPS) is 24.7. The van der Waals surface area contributed by atoms with Crippen LogP contribution in [-0.2, 0) is 4.79 Å². The largest absolute Gasteiger partial charge is 0.476 e. The van der Waals surface area contributed by atoms with Gasteiger partial charge in [0.25, 0.3) is 0 Å². The highest BCUT2D eigenvalue weighted by Gasteiger charge is 2.32. The van der Waals surface area contributed by atoms with Crippen molar-refractivity contribution in [1.82, 2.24) is 4.98 Å². The molecule has 7 heteroatoms. The molecule has 2 aliphatic carbocycles. The summed E-state index contributed by atoms with van der Waals surface area (Å²) >= 11 is 2.86. The molecule has 0 radical (unpaired) electrons. The molecule has 160 valence electrons. The molecule has 0 aromatic carbocycles.